The Bertz CT molecular complexity index is 2000. The van der Waals surface area contributed by atoms with Gasteiger partial charge < -0.3 is 43.0 Å². The van der Waals surface area contributed by atoms with Gasteiger partial charge in [-0.05, 0) is 29.8 Å². The van der Waals surface area contributed by atoms with Gasteiger partial charge in [0.2, 0.25) is 35.8 Å². The van der Waals surface area contributed by atoms with Crippen LogP contribution in [0, 0.1) is 5.92 Å². The van der Waals surface area contributed by atoms with Crippen LogP contribution < -0.4 is 29.0 Å². The average Bonchev–Trinajstić information content (AvgIpc) is 3.91. The average molecular weight is 692 g/mol. The van der Waals surface area contributed by atoms with Crippen LogP contribution in [0.4, 0.5) is 0 Å². The van der Waals surface area contributed by atoms with E-state index in [1.807, 2.05) is 0 Å². The number of rotatable bonds is 10. The predicted molar refractivity (Wildman–Crippen MR) is 169 cm³/mol. The molecule has 15 heteroatoms. The van der Waals surface area contributed by atoms with E-state index >= 15 is 0 Å². The van der Waals surface area contributed by atoms with Crippen molar-refractivity contribution in [2.24, 2.45) is 5.92 Å². The van der Waals surface area contributed by atoms with E-state index in [2.05, 4.69) is 15.5 Å². The van der Waals surface area contributed by atoms with Crippen molar-refractivity contribution >= 4 is 29.1 Å². The first-order valence-electron chi connectivity index (χ1n) is 15.3. The van der Waals surface area contributed by atoms with Gasteiger partial charge in [0, 0.05) is 49.3 Å². The summed E-state index contributed by atoms with van der Waals surface area (Å²) in [5.74, 6) is -1.83. The fourth-order valence-electron chi connectivity index (χ4n) is 6.48. The summed E-state index contributed by atoms with van der Waals surface area (Å²) < 4.78 is 38.7. The molecular weight excluding hydrogens is 662 g/mol. The first-order valence-corrected chi connectivity index (χ1v) is 15.7. The minimum absolute atomic E-state index is 0.00139. The van der Waals surface area contributed by atoms with E-state index < -0.39 is 40.7 Å². The number of Topliss-reactive ketones (excluding diaryl/α,β-unsaturated/α-hetero) is 2. The van der Waals surface area contributed by atoms with Crippen LogP contribution in [0.25, 0.3) is 11.6 Å². The van der Waals surface area contributed by atoms with Crippen LogP contribution in [0.2, 0.25) is 5.02 Å². The molecule has 0 saturated carbocycles. The molecule has 2 aromatic carbocycles. The van der Waals surface area contributed by atoms with Gasteiger partial charge in [-0.1, -0.05) is 29.7 Å². The lowest BCUT2D eigenvalue weighted by Crippen LogP contribution is -2.53. The SMILES string of the molecule is COc1cc(OC)c2c(c1Cl)O[C@]1(C2=O)C(O)=C(C(CC(=O)NCCc2nc(-c3ccco3)no2)c2ccc3c(c2)OCO3)C(=O)C[C@H]1C. The number of allylic oxidation sites excluding steroid dienone is 1. The van der Waals surface area contributed by atoms with Crippen molar-refractivity contribution in [3.05, 3.63) is 76.0 Å². The summed E-state index contributed by atoms with van der Waals surface area (Å²) in [7, 11) is 2.78. The molecule has 1 spiro atoms. The molecule has 0 bridgehead atoms. The number of ether oxygens (including phenoxy) is 5. The molecule has 7 rings (SSSR count). The largest absolute Gasteiger partial charge is 0.507 e. The molecule has 1 amide bonds. The quantitative estimate of drug-likeness (QED) is 0.227. The van der Waals surface area contributed by atoms with E-state index in [1.54, 1.807) is 37.3 Å². The lowest BCUT2D eigenvalue weighted by atomic mass is 9.69. The van der Waals surface area contributed by atoms with Crippen molar-refractivity contribution in [1.29, 1.82) is 0 Å². The summed E-state index contributed by atoms with van der Waals surface area (Å²) in [4.78, 5) is 46.0. The first-order chi connectivity index (χ1) is 23.7. The number of furan rings is 1. The van der Waals surface area contributed by atoms with Crippen molar-refractivity contribution < 1.29 is 52.1 Å². The molecule has 2 N–H and O–H groups in total. The molecule has 14 nitrogen and oxygen atoms in total. The van der Waals surface area contributed by atoms with Crippen molar-refractivity contribution in [1.82, 2.24) is 15.5 Å². The number of hydrogen-bond acceptors (Lipinski definition) is 13. The Morgan fingerprint density at radius 3 is 2.69 bits per heavy atom. The zero-order chi connectivity index (χ0) is 34.4. The Labute approximate surface area is 283 Å². The van der Waals surface area contributed by atoms with Crippen LogP contribution in [0.15, 0.2) is 62.9 Å². The third kappa shape index (κ3) is 5.32. The first kappa shape index (κ1) is 32.1. The number of aliphatic hydroxyl groups excluding tert-OH is 1. The van der Waals surface area contributed by atoms with Crippen molar-refractivity contribution in [3.8, 4) is 40.3 Å². The van der Waals surface area contributed by atoms with Crippen LogP contribution in [-0.2, 0) is 16.0 Å². The van der Waals surface area contributed by atoms with Crippen LogP contribution in [0.3, 0.4) is 0 Å². The third-order valence-electron chi connectivity index (χ3n) is 8.92. The highest BCUT2D eigenvalue weighted by Crippen LogP contribution is 2.56. The van der Waals surface area contributed by atoms with Crippen molar-refractivity contribution in [2.75, 3.05) is 27.6 Å². The van der Waals surface area contributed by atoms with E-state index in [0.717, 1.165) is 0 Å². The zero-order valence-electron chi connectivity index (χ0n) is 26.5. The van der Waals surface area contributed by atoms with E-state index in [-0.39, 0.29) is 77.7 Å². The van der Waals surface area contributed by atoms with Gasteiger partial charge in [0.05, 0.1) is 20.5 Å². The number of hydrogen-bond donors (Lipinski definition) is 2. The van der Waals surface area contributed by atoms with E-state index in [1.165, 1.54) is 26.5 Å². The number of nitrogens with zero attached hydrogens (tertiary/aromatic N) is 2. The number of carbonyl (C=O) groups is 3. The molecule has 254 valence electrons. The second-order valence-electron chi connectivity index (χ2n) is 11.7. The molecule has 1 unspecified atom stereocenters. The summed E-state index contributed by atoms with van der Waals surface area (Å²) in [6, 6.07) is 9.82. The molecule has 4 aromatic rings. The summed E-state index contributed by atoms with van der Waals surface area (Å²) in [5.41, 5.74) is -1.69. The number of carbonyl (C=O) groups excluding carboxylic acids is 3. The summed E-state index contributed by atoms with van der Waals surface area (Å²) >= 11 is 6.59. The van der Waals surface area contributed by atoms with Gasteiger partial charge >= 0.3 is 0 Å². The molecule has 2 aliphatic heterocycles. The van der Waals surface area contributed by atoms with Gasteiger partial charge in [0.1, 0.15) is 22.1 Å². The van der Waals surface area contributed by atoms with Gasteiger partial charge in [0.25, 0.3) is 0 Å². The third-order valence-corrected chi connectivity index (χ3v) is 9.28. The number of ketones is 2. The van der Waals surface area contributed by atoms with Gasteiger partial charge in [0.15, 0.2) is 34.6 Å². The number of aliphatic hydroxyl groups is 1. The maximum absolute atomic E-state index is 14.3. The van der Waals surface area contributed by atoms with Crippen LogP contribution in [-0.4, -0.2) is 65.9 Å². The highest BCUT2D eigenvalue weighted by Gasteiger charge is 2.61. The number of fused-ring (bicyclic) bond motifs is 2. The van der Waals surface area contributed by atoms with Crippen LogP contribution in [0.1, 0.15) is 47.5 Å². The number of amides is 1. The fraction of sp³-hybridized carbons (Fsp3) is 0.324. The monoisotopic (exact) mass is 691 g/mol. The maximum atomic E-state index is 14.3. The molecule has 0 saturated heterocycles. The molecular formula is C34H30ClN3O11. The van der Waals surface area contributed by atoms with Crippen molar-refractivity contribution in [2.45, 2.75) is 37.7 Å². The molecule has 4 heterocycles. The molecule has 1 aliphatic carbocycles. The van der Waals surface area contributed by atoms with Crippen LogP contribution in [0.5, 0.6) is 28.7 Å². The Morgan fingerprint density at radius 1 is 1.14 bits per heavy atom. The minimum atomic E-state index is -2.02. The van der Waals surface area contributed by atoms with E-state index in [0.29, 0.717) is 22.8 Å². The lowest BCUT2D eigenvalue weighted by Gasteiger charge is -2.38. The molecule has 3 aliphatic rings. The number of nitrogens with one attached hydrogen (secondary N) is 1. The van der Waals surface area contributed by atoms with Crippen LogP contribution >= 0.6 is 11.6 Å². The molecule has 0 fully saturated rings. The number of aromatic nitrogens is 2. The molecule has 2 aromatic heterocycles. The predicted octanol–water partition coefficient (Wildman–Crippen LogP) is 5.00. The van der Waals surface area contributed by atoms with Crippen molar-refractivity contribution in [3.63, 3.8) is 0 Å². The van der Waals surface area contributed by atoms with Gasteiger partial charge in [-0.2, -0.15) is 4.98 Å². The van der Waals surface area contributed by atoms with E-state index in [4.69, 9.17) is 44.2 Å². The Kier molecular flexibility index (Phi) is 8.19. The highest BCUT2D eigenvalue weighted by atomic mass is 35.5. The number of methoxy groups -OCH3 is 2. The fourth-order valence-corrected chi connectivity index (χ4v) is 6.75. The summed E-state index contributed by atoms with van der Waals surface area (Å²) in [5, 5.41) is 18.8. The normalized spacial score (nSPS) is 20.0. The second kappa shape index (κ2) is 12.5. The number of halogens is 1. The summed E-state index contributed by atoms with van der Waals surface area (Å²) in [6.45, 7) is 1.76. The molecule has 3 atom stereocenters. The van der Waals surface area contributed by atoms with E-state index in [9.17, 15) is 19.5 Å². The molecule has 49 heavy (non-hydrogen) atoms. The smallest absolute Gasteiger partial charge is 0.238 e. The lowest BCUT2D eigenvalue weighted by molar-refractivity contribution is -0.121. The zero-order valence-corrected chi connectivity index (χ0v) is 27.3. The topological polar surface area (TPSA) is 182 Å². The number of benzene rings is 2. The highest BCUT2D eigenvalue weighted by molar-refractivity contribution is 6.35. The van der Waals surface area contributed by atoms with Gasteiger partial charge in [-0.15, -0.1) is 0 Å². The standard InChI is InChI=1S/C34H30ClN3O11/c1-16-11-19(39)27(31(41)34(16)32(42)28-23(43-2)14-24(44-3)29(35)30(28)48-34)18(17-6-7-20-22(12-17)47-15-46-20)13-25(40)36-9-8-26-37-33(38-49-26)21-5-4-10-45-21/h4-7,10,12,14,16,18,41H,8-9,11,13,15H2,1-3H3,(H,36,40)/t16-,18?,34+/m1/s1. The Balaban J connectivity index is 1.22. The van der Waals surface area contributed by atoms with Gasteiger partial charge in [-0.3, -0.25) is 14.4 Å². The molecule has 0 radical (unpaired) electrons. The Hall–Kier alpha value is -5.50. The Morgan fingerprint density at radius 2 is 1.94 bits per heavy atom. The minimum Gasteiger partial charge on any atom is -0.507 e. The van der Waals surface area contributed by atoms with Gasteiger partial charge in [-0.25, -0.2) is 0 Å². The maximum Gasteiger partial charge on any atom is 0.238 e. The summed E-state index contributed by atoms with van der Waals surface area (Å²) in [6.07, 6.45) is 1.25. The second-order valence-corrected chi connectivity index (χ2v) is 12.1.